The number of anilines is 1. The second kappa shape index (κ2) is 7.28. The number of rotatable bonds is 7. The van der Waals surface area contributed by atoms with Crippen molar-refractivity contribution in [2.24, 2.45) is 0 Å². The molecule has 1 N–H and O–H groups in total. The van der Waals surface area contributed by atoms with E-state index < -0.39 is 0 Å². The molecule has 17 heavy (non-hydrogen) atoms. The van der Waals surface area contributed by atoms with Crippen LogP contribution in [-0.2, 0) is 6.54 Å². The normalized spacial score (nSPS) is 10.6. The smallest absolute Gasteiger partial charge is 0.0442 e. The standard InChI is InChI=1S/C14H25N3/c1-5-7-15-10-13-11-16-12(3)9-14(13)17(4)8-6-2/h9,11,15H,5-8,10H2,1-4H3. The van der Waals surface area contributed by atoms with Gasteiger partial charge in [-0.1, -0.05) is 13.8 Å². The lowest BCUT2D eigenvalue weighted by molar-refractivity contribution is 0.671. The molecule has 0 spiro atoms. The lowest BCUT2D eigenvalue weighted by Gasteiger charge is -2.22. The van der Waals surface area contributed by atoms with Crippen molar-refractivity contribution in [1.29, 1.82) is 0 Å². The van der Waals surface area contributed by atoms with E-state index in [9.17, 15) is 0 Å². The number of pyridine rings is 1. The summed E-state index contributed by atoms with van der Waals surface area (Å²) in [6.45, 7) is 9.50. The van der Waals surface area contributed by atoms with Crippen LogP contribution in [0.15, 0.2) is 12.3 Å². The second-order valence-electron chi connectivity index (χ2n) is 4.55. The van der Waals surface area contributed by atoms with E-state index in [1.165, 1.54) is 24.1 Å². The Balaban J connectivity index is 2.79. The first-order chi connectivity index (χ1) is 8.19. The molecule has 0 aliphatic heterocycles. The van der Waals surface area contributed by atoms with Crippen molar-refractivity contribution >= 4 is 5.69 Å². The fraction of sp³-hybridized carbons (Fsp3) is 0.643. The van der Waals surface area contributed by atoms with Gasteiger partial charge in [0.2, 0.25) is 0 Å². The van der Waals surface area contributed by atoms with Crippen LogP contribution in [0.1, 0.15) is 37.9 Å². The van der Waals surface area contributed by atoms with Crippen LogP contribution in [0.25, 0.3) is 0 Å². The summed E-state index contributed by atoms with van der Waals surface area (Å²) in [4.78, 5) is 6.71. The lowest BCUT2D eigenvalue weighted by atomic mass is 10.2. The number of aryl methyl sites for hydroxylation is 1. The number of aromatic nitrogens is 1. The Labute approximate surface area is 105 Å². The fourth-order valence-electron chi connectivity index (χ4n) is 1.92. The van der Waals surface area contributed by atoms with Crippen molar-refractivity contribution in [2.45, 2.75) is 40.2 Å². The molecule has 0 aliphatic carbocycles. The van der Waals surface area contributed by atoms with Crippen molar-refractivity contribution < 1.29 is 0 Å². The van der Waals surface area contributed by atoms with E-state index in [4.69, 9.17) is 0 Å². The summed E-state index contributed by atoms with van der Waals surface area (Å²) < 4.78 is 0. The van der Waals surface area contributed by atoms with Gasteiger partial charge in [-0.25, -0.2) is 0 Å². The molecular weight excluding hydrogens is 210 g/mol. The van der Waals surface area contributed by atoms with Gasteiger partial charge in [0.05, 0.1) is 0 Å². The quantitative estimate of drug-likeness (QED) is 0.737. The molecule has 0 atom stereocenters. The van der Waals surface area contributed by atoms with Crippen LogP contribution in [-0.4, -0.2) is 25.1 Å². The largest absolute Gasteiger partial charge is 0.374 e. The summed E-state index contributed by atoms with van der Waals surface area (Å²) >= 11 is 0. The van der Waals surface area contributed by atoms with Gasteiger partial charge in [-0.2, -0.15) is 0 Å². The van der Waals surface area contributed by atoms with Gasteiger partial charge in [-0.3, -0.25) is 4.98 Å². The van der Waals surface area contributed by atoms with Gasteiger partial charge in [-0.15, -0.1) is 0 Å². The van der Waals surface area contributed by atoms with Crippen LogP contribution in [0.3, 0.4) is 0 Å². The van der Waals surface area contributed by atoms with Gasteiger partial charge in [0, 0.05) is 43.3 Å². The Hall–Kier alpha value is -1.09. The number of nitrogens with one attached hydrogen (secondary N) is 1. The summed E-state index contributed by atoms with van der Waals surface area (Å²) in [5.41, 5.74) is 3.69. The van der Waals surface area contributed by atoms with Gasteiger partial charge in [0.25, 0.3) is 0 Å². The minimum Gasteiger partial charge on any atom is -0.374 e. The zero-order valence-corrected chi connectivity index (χ0v) is 11.6. The van der Waals surface area contributed by atoms with Crippen LogP contribution in [0.2, 0.25) is 0 Å². The summed E-state index contributed by atoms with van der Waals surface area (Å²) in [5, 5.41) is 3.44. The molecule has 0 saturated heterocycles. The average Bonchev–Trinajstić information content (AvgIpc) is 2.31. The van der Waals surface area contributed by atoms with E-state index in [-0.39, 0.29) is 0 Å². The molecule has 0 aromatic carbocycles. The zero-order valence-electron chi connectivity index (χ0n) is 11.6. The number of hydrogen-bond donors (Lipinski definition) is 1. The molecule has 1 aromatic rings. The molecule has 0 bridgehead atoms. The Morgan fingerprint density at radius 1 is 1.29 bits per heavy atom. The van der Waals surface area contributed by atoms with Crippen molar-refractivity contribution in [3.8, 4) is 0 Å². The third-order valence-corrected chi connectivity index (χ3v) is 2.81. The number of nitrogens with zero attached hydrogens (tertiary/aromatic N) is 2. The summed E-state index contributed by atoms with van der Waals surface area (Å²) in [7, 11) is 2.15. The zero-order chi connectivity index (χ0) is 12.7. The van der Waals surface area contributed by atoms with Crippen LogP contribution in [0.4, 0.5) is 5.69 Å². The van der Waals surface area contributed by atoms with Crippen molar-refractivity contribution in [2.75, 3.05) is 25.0 Å². The Kier molecular flexibility index (Phi) is 5.98. The monoisotopic (exact) mass is 235 g/mol. The maximum absolute atomic E-state index is 4.39. The van der Waals surface area contributed by atoms with Gasteiger partial charge in [0.15, 0.2) is 0 Å². The molecule has 0 unspecified atom stereocenters. The van der Waals surface area contributed by atoms with Crippen LogP contribution >= 0.6 is 0 Å². The molecule has 96 valence electrons. The summed E-state index contributed by atoms with van der Waals surface area (Å²) in [6.07, 6.45) is 4.33. The van der Waals surface area contributed by atoms with Crippen LogP contribution < -0.4 is 10.2 Å². The van der Waals surface area contributed by atoms with Crippen LogP contribution in [0.5, 0.6) is 0 Å². The molecule has 1 aromatic heterocycles. The molecule has 1 heterocycles. The fourth-order valence-corrected chi connectivity index (χ4v) is 1.92. The Morgan fingerprint density at radius 3 is 2.71 bits per heavy atom. The van der Waals surface area contributed by atoms with Gasteiger partial charge >= 0.3 is 0 Å². The highest BCUT2D eigenvalue weighted by molar-refractivity contribution is 5.53. The van der Waals surface area contributed by atoms with E-state index in [0.717, 1.165) is 25.3 Å². The second-order valence-corrected chi connectivity index (χ2v) is 4.55. The Morgan fingerprint density at radius 2 is 2.06 bits per heavy atom. The maximum Gasteiger partial charge on any atom is 0.0442 e. The molecular formula is C14H25N3. The Bertz CT molecular complexity index is 336. The first-order valence-corrected chi connectivity index (χ1v) is 6.56. The molecule has 3 nitrogen and oxygen atoms in total. The van der Waals surface area contributed by atoms with E-state index in [2.05, 4.69) is 42.2 Å². The molecule has 0 saturated carbocycles. The third-order valence-electron chi connectivity index (χ3n) is 2.81. The van der Waals surface area contributed by atoms with Crippen molar-refractivity contribution in [3.05, 3.63) is 23.5 Å². The highest BCUT2D eigenvalue weighted by Gasteiger charge is 2.07. The molecule has 0 fully saturated rings. The van der Waals surface area contributed by atoms with E-state index in [1.807, 2.05) is 13.1 Å². The SMILES string of the molecule is CCCNCc1cnc(C)cc1N(C)CCC. The molecule has 0 radical (unpaired) electrons. The molecule has 0 aliphatic rings. The average molecular weight is 235 g/mol. The van der Waals surface area contributed by atoms with Crippen LogP contribution in [0, 0.1) is 6.92 Å². The van der Waals surface area contributed by atoms with Crippen molar-refractivity contribution in [3.63, 3.8) is 0 Å². The summed E-state index contributed by atoms with van der Waals surface area (Å²) in [5.74, 6) is 0. The van der Waals surface area contributed by atoms with E-state index >= 15 is 0 Å². The third kappa shape index (κ3) is 4.35. The van der Waals surface area contributed by atoms with E-state index in [0.29, 0.717) is 0 Å². The molecule has 0 amide bonds. The molecule has 3 heteroatoms. The highest BCUT2D eigenvalue weighted by Crippen LogP contribution is 2.19. The van der Waals surface area contributed by atoms with Gasteiger partial charge < -0.3 is 10.2 Å². The minimum atomic E-state index is 0.907. The highest BCUT2D eigenvalue weighted by atomic mass is 15.1. The predicted molar refractivity (Wildman–Crippen MR) is 74.5 cm³/mol. The summed E-state index contributed by atoms with van der Waals surface area (Å²) in [6, 6.07) is 2.18. The van der Waals surface area contributed by atoms with E-state index in [1.54, 1.807) is 0 Å². The number of hydrogen-bond acceptors (Lipinski definition) is 3. The topological polar surface area (TPSA) is 28.2 Å². The van der Waals surface area contributed by atoms with Gasteiger partial charge in [0.1, 0.15) is 0 Å². The molecule has 1 rings (SSSR count). The van der Waals surface area contributed by atoms with Crippen molar-refractivity contribution in [1.82, 2.24) is 10.3 Å². The minimum absolute atomic E-state index is 0.907. The first-order valence-electron chi connectivity index (χ1n) is 6.56. The maximum atomic E-state index is 4.39. The van der Waals surface area contributed by atoms with Gasteiger partial charge in [-0.05, 0) is 32.4 Å². The first kappa shape index (κ1) is 14.0. The lowest BCUT2D eigenvalue weighted by Crippen LogP contribution is -2.22. The predicted octanol–water partition coefficient (Wildman–Crippen LogP) is 2.74.